The first-order valence-electron chi connectivity index (χ1n) is 6.29. The van der Waals surface area contributed by atoms with Crippen LogP contribution >= 0.6 is 11.6 Å². The van der Waals surface area contributed by atoms with E-state index in [0.717, 1.165) is 30.5 Å². The van der Waals surface area contributed by atoms with Crippen molar-refractivity contribution in [1.82, 2.24) is 9.55 Å². The molecule has 0 bridgehead atoms. The van der Waals surface area contributed by atoms with Crippen LogP contribution in [-0.2, 0) is 13.0 Å². The molecule has 3 rings (SSSR count). The highest BCUT2D eigenvalue weighted by Crippen LogP contribution is 2.24. The average Bonchev–Trinajstić information content (AvgIpc) is 2.41. The summed E-state index contributed by atoms with van der Waals surface area (Å²) >= 11 is 5.87. The molecule has 0 fully saturated rings. The van der Waals surface area contributed by atoms with E-state index < -0.39 is 0 Å². The third-order valence-corrected chi connectivity index (χ3v) is 3.74. The number of rotatable bonds is 1. The monoisotopic (exact) mass is 276 g/mol. The van der Waals surface area contributed by atoms with Gasteiger partial charge in [-0.1, -0.05) is 23.7 Å². The number of hydrogen-bond acceptors (Lipinski definition) is 2. The zero-order chi connectivity index (χ0) is 13.4. The van der Waals surface area contributed by atoms with Crippen molar-refractivity contribution >= 4 is 11.6 Å². The number of fused-ring (bicyclic) bond motifs is 1. The Morgan fingerprint density at radius 3 is 2.58 bits per heavy atom. The van der Waals surface area contributed by atoms with Gasteiger partial charge in [-0.2, -0.15) is 0 Å². The maximum absolute atomic E-state index is 12.1. The molecule has 0 spiro atoms. The highest BCUT2D eigenvalue weighted by Gasteiger charge is 2.18. The van der Waals surface area contributed by atoms with Gasteiger partial charge in [0, 0.05) is 17.3 Å². The van der Waals surface area contributed by atoms with E-state index in [-0.39, 0.29) is 11.2 Å². The standard InChI is InChI=1S/C14H13ClN2O2/c15-10-6-4-9(5-7-10)12-11-3-1-2-8-17(11)14(19)16-13(12)18/h4-7H,1-3,8H2,(H,16,18,19). The van der Waals surface area contributed by atoms with Gasteiger partial charge < -0.3 is 0 Å². The smallest absolute Gasteiger partial charge is 0.297 e. The van der Waals surface area contributed by atoms with Crippen molar-refractivity contribution in [3.63, 3.8) is 0 Å². The average molecular weight is 277 g/mol. The van der Waals surface area contributed by atoms with Crippen molar-refractivity contribution in [3.05, 3.63) is 55.8 Å². The predicted molar refractivity (Wildman–Crippen MR) is 74.7 cm³/mol. The Morgan fingerprint density at radius 2 is 1.84 bits per heavy atom. The van der Waals surface area contributed by atoms with E-state index in [1.807, 2.05) is 12.1 Å². The van der Waals surface area contributed by atoms with Crippen molar-refractivity contribution in [2.45, 2.75) is 25.8 Å². The maximum atomic E-state index is 12.1. The molecule has 1 aliphatic rings. The first-order valence-corrected chi connectivity index (χ1v) is 6.66. The molecule has 0 saturated carbocycles. The normalized spacial score (nSPS) is 14.2. The molecule has 1 aromatic heterocycles. The largest absolute Gasteiger partial charge is 0.328 e. The minimum atomic E-state index is -0.319. The summed E-state index contributed by atoms with van der Waals surface area (Å²) < 4.78 is 1.68. The van der Waals surface area contributed by atoms with Crippen molar-refractivity contribution < 1.29 is 0 Å². The number of aromatic nitrogens is 2. The number of halogens is 1. The van der Waals surface area contributed by atoms with Crippen LogP contribution in [0.5, 0.6) is 0 Å². The van der Waals surface area contributed by atoms with Crippen LogP contribution in [0.25, 0.3) is 11.1 Å². The Labute approximate surface area is 114 Å². The van der Waals surface area contributed by atoms with Crippen molar-refractivity contribution in [3.8, 4) is 11.1 Å². The van der Waals surface area contributed by atoms with Crippen LogP contribution in [0.4, 0.5) is 0 Å². The molecule has 2 heterocycles. The molecule has 0 amide bonds. The van der Waals surface area contributed by atoms with Gasteiger partial charge in [-0.15, -0.1) is 0 Å². The molecular formula is C14H13ClN2O2. The van der Waals surface area contributed by atoms with Crippen molar-refractivity contribution in [1.29, 1.82) is 0 Å². The molecule has 98 valence electrons. The molecule has 4 nitrogen and oxygen atoms in total. The number of H-pyrrole nitrogens is 1. The quantitative estimate of drug-likeness (QED) is 0.868. The van der Waals surface area contributed by atoms with Crippen LogP contribution in [-0.4, -0.2) is 9.55 Å². The van der Waals surface area contributed by atoms with Gasteiger partial charge in [0.05, 0.1) is 5.56 Å². The van der Waals surface area contributed by atoms with Crippen LogP contribution in [0, 0.1) is 0 Å². The zero-order valence-electron chi connectivity index (χ0n) is 10.3. The van der Waals surface area contributed by atoms with Gasteiger partial charge in [-0.3, -0.25) is 14.3 Å². The fraction of sp³-hybridized carbons (Fsp3) is 0.286. The molecule has 1 aliphatic heterocycles. The predicted octanol–water partition coefficient (Wildman–Crippen LogP) is 2.19. The fourth-order valence-corrected chi connectivity index (χ4v) is 2.71. The topological polar surface area (TPSA) is 54.9 Å². The molecule has 2 aromatic rings. The molecule has 19 heavy (non-hydrogen) atoms. The lowest BCUT2D eigenvalue weighted by Crippen LogP contribution is -2.35. The second-order valence-corrected chi connectivity index (χ2v) is 5.13. The summed E-state index contributed by atoms with van der Waals surface area (Å²) in [5.74, 6) is 0. The van der Waals surface area contributed by atoms with Crippen LogP contribution in [0.1, 0.15) is 18.5 Å². The van der Waals surface area contributed by atoms with Crippen LogP contribution in [0.15, 0.2) is 33.9 Å². The molecule has 1 N–H and O–H groups in total. The summed E-state index contributed by atoms with van der Waals surface area (Å²) in [6, 6.07) is 7.13. The summed E-state index contributed by atoms with van der Waals surface area (Å²) in [4.78, 5) is 26.3. The Balaban J connectivity index is 2.29. The third kappa shape index (κ3) is 2.12. The summed E-state index contributed by atoms with van der Waals surface area (Å²) in [5, 5.41) is 0.627. The molecule has 0 unspecified atom stereocenters. The Morgan fingerprint density at radius 1 is 1.11 bits per heavy atom. The molecule has 0 radical (unpaired) electrons. The number of nitrogens with one attached hydrogen (secondary N) is 1. The Hall–Kier alpha value is -1.81. The number of aromatic amines is 1. The van der Waals surface area contributed by atoms with E-state index in [9.17, 15) is 9.59 Å². The van der Waals surface area contributed by atoms with Crippen molar-refractivity contribution in [2.24, 2.45) is 0 Å². The van der Waals surface area contributed by atoms with Gasteiger partial charge in [0.15, 0.2) is 0 Å². The lowest BCUT2D eigenvalue weighted by atomic mass is 9.99. The number of hydrogen-bond donors (Lipinski definition) is 1. The van der Waals surface area contributed by atoms with E-state index in [4.69, 9.17) is 11.6 Å². The summed E-state index contributed by atoms with van der Waals surface area (Å²) in [5.41, 5.74) is 1.60. The molecular weight excluding hydrogens is 264 g/mol. The lowest BCUT2D eigenvalue weighted by molar-refractivity contribution is 0.503. The number of benzene rings is 1. The highest BCUT2D eigenvalue weighted by atomic mass is 35.5. The molecule has 0 saturated heterocycles. The SMILES string of the molecule is O=c1[nH]c(=O)n2c(c1-c1ccc(Cl)cc1)CCCC2. The first kappa shape index (κ1) is 12.2. The maximum Gasteiger partial charge on any atom is 0.328 e. The summed E-state index contributed by atoms with van der Waals surface area (Å²) in [6.07, 6.45) is 2.74. The van der Waals surface area contributed by atoms with Gasteiger partial charge in [0.25, 0.3) is 5.56 Å². The van der Waals surface area contributed by atoms with Crippen LogP contribution in [0.3, 0.4) is 0 Å². The Kier molecular flexibility index (Phi) is 3.03. The van der Waals surface area contributed by atoms with Crippen molar-refractivity contribution in [2.75, 3.05) is 0 Å². The minimum absolute atomic E-state index is 0.308. The molecule has 0 aliphatic carbocycles. The molecule has 0 atom stereocenters. The Bertz CT molecular complexity index is 729. The molecule has 5 heteroatoms. The highest BCUT2D eigenvalue weighted by molar-refractivity contribution is 6.30. The minimum Gasteiger partial charge on any atom is -0.297 e. The van der Waals surface area contributed by atoms with E-state index in [2.05, 4.69) is 4.98 Å². The van der Waals surface area contributed by atoms with Gasteiger partial charge in [0.2, 0.25) is 0 Å². The summed E-state index contributed by atoms with van der Waals surface area (Å²) in [7, 11) is 0. The van der Waals surface area contributed by atoms with E-state index >= 15 is 0 Å². The third-order valence-electron chi connectivity index (χ3n) is 3.49. The first-order chi connectivity index (χ1) is 9.16. The van der Waals surface area contributed by atoms with Gasteiger partial charge in [0.1, 0.15) is 0 Å². The van der Waals surface area contributed by atoms with Crippen LogP contribution < -0.4 is 11.2 Å². The van der Waals surface area contributed by atoms with E-state index in [1.165, 1.54) is 0 Å². The summed E-state index contributed by atoms with van der Waals surface area (Å²) in [6.45, 7) is 0.672. The zero-order valence-corrected chi connectivity index (χ0v) is 11.0. The van der Waals surface area contributed by atoms with Gasteiger partial charge >= 0.3 is 5.69 Å². The van der Waals surface area contributed by atoms with Gasteiger partial charge in [-0.05, 0) is 37.0 Å². The number of nitrogens with zero attached hydrogens (tertiary/aromatic N) is 1. The second kappa shape index (κ2) is 4.70. The van der Waals surface area contributed by atoms with E-state index in [1.54, 1.807) is 16.7 Å². The van der Waals surface area contributed by atoms with Gasteiger partial charge in [-0.25, -0.2) is 4.79 Å². The lowest BCUT2D eigenvalue weighted by Gasteiger charge is -2.20. The second-order valence-electron chi connectivity index (χ2n) is 4.70. The fourth-order valence-electron chi connectivity index (χ4n) is 2.59. The molecule has 1 aromatic carbocycles. The van der Waals surface area contributed by atoms with E-state index in [0.29, 0.717) is 17.1 Å². The van der Waals surface area contributed by atoms with Crippen LogP contribution in [0.2, 0.25) is 5.02 Å².